The second-order valence-corrected chi connectivity index (χ2v) is 7.74. The number of aryl methyl sites for hydroxylation is 1. The summed E-state index contributed by atoms with van der Waals surface area (Å²) in [5.41, 5.74) is 1.94. The van der Waals surface area contributed by atoms with Gasteiger partial charge in [-0.1, -0.05) is 12.1 Å². The molecule has 7 nitrogen and oxygen atoms in total. The van der Waals surface area contributed by atoms with Gasteiger partial charge in [-0.15, -0.1) is 0 Å². The van der Waals surface area contributed by atoms with Crippen LogP contribution in [0.5, 0.6) is 0 Å². The van der Waals surface area contributed by atoms with Crippen molar-refractivity contribution in [3.63, 3.8) is 0 Å². The van der Waals surface area contributed by atoms with Gasteiger partial charge >= 0.3 is 0 Å². The Labute approximate surface area is 163 Å². The number of rotatable bonds is 3. The third kappa shape index (κ3) is 3.00. The first-order valence-corrected chi connectivity index (χ1v) is 9.91. The molecule has 2 aromatic heterocycles. The molecular weight excluding hydrogens is 352 g/mol. The number of fused-ring (bicyclic) bond motifs is 1. The van der Waals surface area contributed by atoms with Crippen molar-refractivity contribution >= 4 is 22.7 Å². The Kier molecular flexibility index (Phi) is 4.03. The fraction of sp³-hybridized carbons (Fsp3) is 0.429. The average molecular weight is 376 g/mol. The van der Waals surface area contributed by atoms with Crippen LogP contribution in [0.1, 0.15) is 30.3 Å². The minimum absolute atomic E-state index is 0.00327. The van der Waals surface area contributed by atoms with E-state index in [0.717, 1.165) is 49.3 Å². The Morgan fingerprint density at radius 2 is 1.68 bits per heavy atom. The summed E-state index contributed by atoms with van der Waals surface area (Å²) in [6, 6.07) is 9.69. The molecule has 3 heterocycles. The molecule has 28 heavy (non-hydrogen) atoms. The Morgan fingerprint density at radius 3 is 2.43 bits per heavy atom. The predicted octanol–water partition coefficient (Wildman–Crippen LogP) is 2.24. The first kappa shape index (κ1) is 17.2. The van der Waals surface area contributed by atoms with Crippen molar-refractivity contribution in [3.8, 4) is 0 Å². The van der Waals surface area contributed by atoms with Crippen LogP contribution in [0, 0.1) is 6.92 Å². The number of para-hydroxylation sites is 1. The summed E-state index contributed by atoms with van der Waals surface area (Å²) in [4.78, 5) is 31.2. The molecular formula is C21H24N6O. The van der Waals surface area contributed by atoms with E-state index in [1.54, 1.807) is 11.6 Å². The van der Waals surface area contributed by atoms with Crippen LogP contribution in [0.3, 0.4) is 0 Å². The molecule has 1 saturated heterocycles. The summed E-state index contributed by atoms with van der Waals surface area (Å²) < 4.78 is 1.66. The van der Waals surface area contributed by atoms with Gasteiger partial charge in [0.25, 0.3) is 5.56 Å². The molecule has 0 spiro atoms. The Bertz CT molecular complexity index is 1100. The number of aromatic nitrogens is 4. The number of anilines is 2. The van der Waals surface area contributed by atoms with Gasteiger partial charge in [-0.3, -0.25) is 9.36 Å². The molecule has 0 N–H and O–H groups in total. The summed E-state index contributed by atoms with van der Waals surface area (Å²) in [7, 11) is 1.80. The van der Waals surface area contributed by atoms with E-state index in [4.69, 9.17) is 4.98 Å². The zero-order valence-electron chi connectivity index (χ0n) is 16.3. The van der Waals surface area contributed by atoms with Crippen molar-refractivity contribution < 1.29 is 0 Å². The van der Waals surface area contributed by atoms with Crippen LogP contribution in [0.4, 0.5) is 11.8 Å². The van der Waals surface area contributed by atoms with Crippen LogP contribution >= 0.6 is 0 Å². The van der Waals surface area contributed by atoms with E-state index in [9.17, 15) is 4.79 Å². The molecule has 0 unspecified atom stereocenters. The van der Waals surface area contributed by atoms with Gasteiger partial charge < -0.3 is 9.80 Å². The second-order valence-electron chi connectivity index (χ2n) is 7.74. The van der Waals surface area contributed by atoms with Crippen molar-refractivity contribution in [2.24, 2.45) is 7.05 Å². The molecule has 0 radical (unpaired) electrons. The number of benzene rings is 1. The Morgan fingerprint density at radius 1 is 0.964 bits per heavy atom. The number of hydrogen-bond acceptors (Lipinski definition) is 6. The lowest BCUT2D eigenvalue weighted by atomic mass is 10.2. The van der Waals surface area contributed by atoms with Gasteiger partial charge in [-0.25, -0.2) is 15.0 Å². The van der Waals surface area contributed by atoms with Crippen LogP contribution in [0.2, 0.25) is 0 Å². The lowest BCUT2D eigenvalue weighted by Crippen LogP contribution is -2.48. The first-order chi connectivity index (χ1) is 13.6. The topological polar surface area (TPSA) is 67.2 Å². The molecule has 0 amide bonds. The van der Waals surface area contributed by atoms with Crippen molar-refractivity contribution in [1.29, 1.82) is 0 Å². The van der Waals surface area contributed by atoms with Gasteiger partial charge in [-0.2, -0.15) is 0 Å². The minimum Gasteiger partial charge on any atom is -0.353 e. The highest BCUT2D eigenvalue weighted by molar-refractivity contribution is 5.78. The maximum Gasteiger partial charge on any atom is 0.262 e. The highest BCUT2D eigenvalue weighted by Gasteiger charge is 2.27. The van der Waals surface area contributed by atoms with E-state index in [2.05, 4.69) is 25.8 Å². The zero-order valence-corrected chi connectivity index (χ0v) is 16.3. The third-order valence-corrected chi connectivity index (χ3v) is 5.69. The second kappa shape index (κ2) is 6.58. The first-order valence-electron chi connectivity index (χ1n) is 9.91. The van der Waals surface area contributed by atoms with Gasteiger partial charge in [-0.05, 0) is 31.9 Å². The molecule has 2 aliphatic rings. The van der Waals surface area contributed by atoms with Crippen LogP contribution in [0.25, 0.3) is 10.9 Å². The summed E-state index contributed by atoms with van der Waals surface area (Å²) in [5.74, 6) is 3.23. The molecule has 144 valence electrons. The van der Waals surface area contributed by atoms with E-state index in [-0.39, 0.29) is 5.56 Å². The summed E-state index contributed by atoms with van der Waals surface area (Å²) in [5, 5.41) is 0.663. The standard InChI is InChI=1S/C21H24N6O/c1-14-22-18(15-7-8-15)13-19(23-14)26-9-11-27(12-10-26)21-24-17-6-4-3-5-16(17)20(28)25(21)2/h3-6,13,15H,7-12H2,1-2H3. The van der Waals surface area contributed by atoms with E-state index in [0.29, 0.717) is 11.3 Å². The molecule has 1 aliphatic carbocycles. The average Bonchev–Trinajstić information content (AvgIpc) is 3.56. The monoisotopic (exact) mass is 376 g/mol. The molecule has 1 saturated carbocycles. The van der Waals surface area contributed by atoms with Crippen LogP contribution in [-0.2, 0) is 7.05 Å². The quantitative estimate of drug-likeness (QED) is 0.698. The summed E-state index contributed by atoms with van der Waals surface area (Å²) in [6.07, 6.45) is 2.48. The molecule has 1 aliphatic heterocycles. The van der Waals surface area contributed by atoms with Crippen molar-refractivity contribution in [3.05, 3.63) is 52.2 Å². The van der Waals surface area contributed by atoms with Crippen LogP contribution in [-0.4, -0.2) is 45.7 Å². The zero-order chi connectivity index (χ0) is 19.3. The van der Waals surface area contributed by atoms with E-state index in [1.807, 2.05) is 31.2 Å². The van der Waals surface area contributed by atoms with E-state index < -0.39 is 0 Å². The fourth-order valence-corrected chi connectivity index (χ4v) is 3.95. The molecule has 0 atom stereocenters. The Hall–Kier alpha value is -2.96. The third-order valence-electron chi connectivity index (χ3n) is 5.69. The van der Waals surface area contributed by atoms with Crippen molar-refractivity contribution in [1.82, 2.24) is 19.5 Å². The van der Waals surface area contributed by atoms with E-state index in [1.165, 1.54) is 18.5 Å². The molecule has 2 fully saturated rings. The van der Waals surface area contributed by atoms with Crippen LogP contribution < -0.4 is 15.4 Å². The van der Waals surface area contributed by atoms with Gasteiger partial charge in [0.2, 0.25) is 5.95 Å². The van der Waals surface area contributed by atoms with Gasteiger partial charge in [0.15, 0.2) is 0 Å². The molecule has 1 aromatic carbocycles. The minimum atomic E-state index is 0.00327. The predicted molar refractivity (Wildman–Crippen MR) is 110 cm³/mol. The van der Waals surface area contributed by atoms with Crippen LogP contribution in [0.15, 0.2) is 35.1 Å². The van der Waals surface area contributed by atoms with Crippen molar-refractivity contribution in [2.45, 2.75) is 25.7 Å². The summed E-state index contributed by atoms with van der Waals surface area (Å²) >= 11 is 0. The Balaban J connectivity index is 1.39. The number of piperazine rings is 1. The molecule has 3 aromatic rings. The van der Waals surface area contributed by atoms with Gasteiger partial charge in [0, 0.05) is 50.9 Å². The van der Waals surface area contributed by atoms with E-state index >= 15 is 0 Å². The molecule has 0 bridgehead atoms. The largest absolute Gasteiger partial charge is 0.353 e. The lowest BCUT2D eigenvalue weighted by molar-refractivity contribution is 0.617. The molecule has 5 rings (SSSR count). The number of nitrogens with zero attached hydrogens (tertiary/aromatic N) is 6. The highest BCUT2D eigenvalue weighted by Crippen LogP contribution is 2.39. The maximum atomic E-state index is 12.7. The fourth-order valence-electron chi connectivity index (χ4n) is 3.95. The van der Waals surface area contributed by atoms with Gasteiger partial charge in [0.1, 0.15) is 11.6 Å². The SMILES string of the molecule is Cc1nc(C2CC2)cc(N2CCN(c3nc4ccccc4c(=O)n3C)CC2)n1. The molecule has 7 heteroatoms. The lowest BCUT2D eigenvalue weighted by Gasteiger charge is -2.36. The number of hydrogen-bond donors (Lipinski definition) is 0. The summed E-state index contributed by atoms with van der Waals surface area (Å²) in [6.45, 7) is 5.29. The van der Waals surface area contributed by atoms with Crippen molar-refractivity contribution in [2.75, 3.05) is 36.0 Å². The smallest absolute Gasteiger partial charge is 0.262 e. The normalized spacial score (nSPS) is 17.4. The van der Waals surface area contributed by atoms with Gasteiger partial charge in [0.05, 0.1) is 10.9 Å². The maximum absolute atomic E-state index is 12.7. The highest BCUT2D eigenvalue weighted by atomic mass is 16.1.